The monoisotopic (exact) mass is 129 g/mol. The van der Waals surface area contributed by atoms with Crippen molar-refractivity contribution in [2.75, 3.05) is 7.11 Å². The van der Waals surface area contributed by atoms with Crippen LogP contribution in [0.25, 0.3) is 10.4 Å². The first-order chi connectivity index (χ1) is 4.22. The van der Waals surface area contributed by atoms with Crippen LogP contribution in [0.4, 0.5) is 0 Å². The molecule has 50 valence electrons. The lowest BCUT2D eigenvalue weighted by molar-refractivity contribution is -0.141. The van der Waals surface area contributed by atoms with Crippen molar-refractivity contribution in [3.63, 3.8) is 0 Å². The van der Waals surface area contributed by atoms with E-state index in [1.54, 1.807) is 0 Å². The van der Waals surface area contributed by atoms with E-state index < -0.39 is 12.0 Å². The van der Waals surface area contributed by atoms with Gasteiger partial charge < -0.3 is 4.74 Å². The number of nitrogens with zero attached hydrogens (tertiary/aromatic N) is 3. The van der Waals surface area contributed by atoms with Crippen molar-refractivity contribution >= 4 is 5.97 Å². The molecule has 0 bridgehead atoms. The molecule has 1 atom stereocenters. The lowest BCUT2D eigenvalue weighted by Gasteiger charge is -1.98. The van der Waals surface area contributed by atoms with Crippen LogP contribution in [0.2, 0.25) is 0 Å². The molecule has 0 fully saturated rings. The molecular weight excluding hydrogens is 122 g/mol. The average molecular weight is 129 g/mol. The van der Waals surface area contributed by atoms with Crippen molar-refractivity contribution in [1.82, 2.24) is 0 Å². The van der Waals surface area contributed by atoms with Crippen LogP contribution in [0.15, 0.2) is 5.11 Å². The van der Waals surface area contributed by atoms with Gasteiger partial charge in [0.1, 0.15) is 6.04 Å². The predicted molar refractivity (Wildman–Crippen MR) is 30.6 cm³/mol. The van der Waals surface area contributed by atoms with Crippen LogP contribution < -0.4 is 0 Å². The summed E-state index contributed by atoms with van der Waals surface area (Å²) in [4.78, 5) is 12.8. The molecule has 0 aromatic rings. The maximum atomic E-state index is 10.4. The van der Waals surface area contributed by atoms with E-state index in [0.717, 1.165) is 0 Å². The minimum Gasteiger partial charge on any atom is -0.469 e. The molecule has 0 amide bonds. The summed E-state index contributed by atoms with van der Waals surface area (Å²) in [5, 5.41) is 3.10. The lowest BCUT2D eigenvalue weighted by atomic mass is 10.4. The normalized spacial score (nSPS) is 11.3. The van der Waals surface area contributed by atoms with E-state index in [1.165, 1.54) is 14.0 Å². The Morgan fingerprint density at radius 1 is 1.89 bits per heavy atom. The first-order valence-corrected chi connectivity index (χ1v) is 2.34. The number of hydrogen-bond donors (Lipinski definition) is 0. The quantitative estimate of drug-likeness (QED) is 0.240. The zero-order valence-corrected chi connectivity index (χ0v) is 5.24. The molecule has 0 heterocycles. The van der Waals surface area contributed by atoms with Crippen LogP contribution in [0.1, 0.15) is 6.92 Å². The summed E-state index contributed by atoms with van der Waals surface area (Å²) >= 11 is 0. The third-order valence-corrected chi connectivity index (χ3v) is 0.767. The Bertz CT molecular complexity index is 150. The summed E-state index contributed by atoms with van der Waals surface area (Å²) in [5.74, 6) is -0.521. The fraction of sp³-hybridized carbons (Fsp3) is 0.750. The average Bonchev–Trinajstić information content (AvgIpc) is 1.87. The van der Waals surface area contributed by atoms with Crippen LogP contribution in [-0.2, 0) is 9.53 Å². The molecule has 0 saturated heterocycles. The zero-order chi connectivity index (χ0) is 7.28. The summed E-state index contributed by atoms with van der Waals surface area (Å²) in [6.07, 6.45) is 0. The van der Waals surface area contributed by atoms with Gasteiger partial charge in [0.25, 0.3) is 0 Å². The highest BCUT2D eigenvalue weighted by molar-refractivity contribution is 5.75. The van der Waals surface area contributed by atoms with E-state index >= 15 is 0 Å². The number of carbonyl (C=O) groups is 1. The number of carbonyl (C=O) groups excluding carboxylic acids is 1. The van der Waals surface area contributed by atoms with Crippen LogP contribution in [-0.4, -0.2) is 19.1 Å². The summed E-state index contributed by atoms with van der Waals surface area (Å²) in [5.41, 5.74) is 7.83. The SMILES string of the molecule is COC(=O)[C@@H](C)N=[N+]=[N-]. The third-order valence-electron chi connectivity index (χ3n) is 0.767. The lowest BCUT2D eigenvalue weighted by Crippen LogP contribution is -2.14. The van der Waals surface area contributed by atoms with Crippen molar-refractivity contribution in [2.24, 2.45) is 5.11 Å². The van der Waals surface area contributed by atoms with Crippen molar-refractivity contribution in [3.8, 4) is 0 Å². The van der Waals surface area contributed by atoms with Crippen molar-refractivity contribution in [2.45, 2.75) is 13.0 Å². The van der Waals surface area contributed by atoms with E-state index in [0.29, 0.717) is 0 Å². The highest BCUT2D eigenvalue weighted by Gasteiger charge is 2.08. The Morgan fingerprint density at radius 2 is 2.44 bits per heavy atom. The number of methoxy groups -OCH3 is 1. The summed E-state index contributed by atoms with van der Waals surface area (Å²) in [6, 6.07) is -0.722. The Labute approximate surface area is 52.2 Å². The summed E-state index contributed by atoms with van der Waals surface area (Å²) in [7, 11) is 1.24. The van der Waals surface area contributed by atoms with Gasteiger partial charge >= 0.3 is 5.97 Å². The first kappa shape index (κ1) is 7.78. The Morgan fingerprint density at radius 3 is 2.78 bits per heavy atom. The van der Waals surface area contributed by atoms with E-state index in [1.807, 2.05) is 0 Å². The van der Waals surface area contributed by atoms with Gasteiger partial charge in [-0.05, 0) is 12.5 Å². The fourth-order valence-electron chi connectivity index (χ4n) is 0.295. The van der Waals surface area contributed by atoms with E-state index in [-0.39, 0.29) is 0 Å². The van der Waals surface area contributed by atoms with Gasteiger partial charge in [-0.1, -0.05) is 5.11 Å². The minimum atomic E-state index is -0.722. The molecule has 5 heteroatoms. The Hall–Kier alpha value is -1.22. The number of ether oxygens (including phenoxy) is 1. The van der Waals surface area contributed by atoms with Crippen LogP contribution in [0, 0.1) is 0 Å². The Balaban J connectivity index is 3.87. The molecule has 5 nitrogen and oxygen atoms in total. The standard InChI is InChI=1S/C4H7N3O2/c1-3(6-7-5)4(8)9-2/h3H,1-2H3/t3-/m1/s1. The van der Waals surface area contributed by atoms with Crippen molar-refractivity contribution in [1.29, 1.82) is 0 Å². The Kier molecular flexibility index (Phi) is 3.23. The molecule has 0 radical (unpaired) electrons. The van der Waals surface area contributed by atoms with Crippen molar-refractivity contribution < 1.29 is 9.53 Å². The van der Waals surface area contributed by atoms with Gasteiger partial charge in [0, 0.05) is 4.91 Å². The number of rotatable bonds is 2. The third kappa shape index (κ3) is 2.56. The maximum absolute atomic E-state index is 10.4. The molecule has 0 rings (SSSR count). The van der Waals surface area contributed by atoms with Gasteiger partial charge in [-0.2, -0.15) is 0 Å². The number of hydrogen-bond acceptors (Lipinski definition) is 3. The van der Waals surface area contributed by atoms with Crippen molar-refractivity contribution in [3.05, 3.63) is 10.4 Å². The van der Waals surface area contributed by atoms with Gasteiger partial charge in [-0.25, -0.2) is 0 Å². The molecule has 0 N–H and O–H groups in total. The second-order valence-corrected chi connectivity index (χ2v) is 1.40. The van der Waals surface area contributed by atoms with Gasteiger partial charge in [-0.3, -0.25) is 4.79 Å². The number of azide groups is 1. The second kappa shape index (κ2) is 3.74. The molecule has 0 aliphatic heterocycles. The highest BCUT2D eigenvalue weighted by atomic mass is 16.5. The summed E-state index contributed by atoms with van der Waals surface area (Å²) < 4.78 is 4.26. The molecule has 0 aromatic carbocycles. The molecule has 0 aliphatic rings. The van der Waals surface area contributed by atoms with Gasteiger partial charge in [0.2, 0.25) is 0 Å². The molecule has 0 spiro atoms. The van der Waals surface area contributed by atoms with E-state index in [9.17, 15) is 4.79 Å². The molecule has 0 unspecified atom stereocenters. The molecular formula is C4H7N3O2. The fourth-order valence-corrected chi connectivity index (χ4v) is 0.295. The summed E-state index contributed by atoms with van der Waals surface area (Å²) in [6.45, 7) is 1.46. The molecule has 0 saturated carbocycles. The van der Waals surface area contributed by atoms with Gasteiger partial charge in [-0.15, -0.1) is 0 Å². The first-order valence-electron chi connectivity index (χ1n) is 2.34. The van der Waals surface area contributed by atoms with Crippen LogP contribution in [0.5, 0.6) is 0 Å². The van der Waals surface area contributed by atoms with Gasteiger partial charge in [0.15, 0.2) is 0 Å². The second-order valence-electron chi connectivity index (χ2n) is 1.40. The largest absolute Gasteiger partial charge is 0.469 e. The zero-order valence-electron chi connectivity index (χ0n) is 5.24. The number of esters is 1. The van der Waals surface area contributed by atoms with E-state index in [2.05, 4.69) is 14.8 Å². The maximum Gasteiger partial charge on any atom is 0.314 e. The molecule has 9 heavy (non-hydrogen) atoms. The topological polar surface area (TPSA) is 75.1 Å². The minimum absolute atomic E-state index is 0.521. The highest BCUT2D eigenvalue weighted by Crippen LogP contribution is 1.91. The van der Waals surface area contributed by atoms with Crippen LogP contribution >= 0.6 is 0 Å². The van der Waals surface area contributed by atoms with E-state index in [4.69, 9.17) is 5.53 Å². The van der Waals surface area contributed by atoms with Crippen LogP contribution in [0.3, 0.4) is 0 Å². The molecule has 0 aromatic heterocycles. The smallest absolute Gasteiger partial charge is 0.314 e. The predicted octanol–water partition coefficient (Wildman–Crippen LogP) is 0.858. The van der Waals surface area contributed by atoms with Gasteiger partial charge in [0.05, 0.1) is 7.11 Å². The molecule has 0 aliphatic carbocycles.